The van der Waals surface area contributed by atoms with Crippen molar-refractivity contribution in [1.82, 2.24) is 4.31 Å². The van der Waals surface area contributed by atoms with Crippen LogP contribution in [-0.4, -0.2) is 31.7 Å². The molecule has 0 heterocycles. The fraction of sp³-hybridized carbons (Fsp3) is 0.316. The number of amides is 1. The number of rotatable bonds is 7. The number of halogens is 3. The zero-order valence-electron chi connectivity index (χ0n) is 15.5. The minimum atomic E-state index is -4.56. The predicted molar refractivity (Wildman–Crippen MR) is 100 cm³/mol. The molecule has 2 rings (SSSR count). The third-order valence-corrected chi connectivity index (χ3v) is 5.89. The van der Waals surface area contributed by atoms with E-state index in [9.17, 15) is 26.4 Å². The summed E-state index contributed by atoms with van der Waals surface area (Å²) in [6, 6.07) is 10.3. The second-order valence-corrected chi connectivity index (χ2v) is 8.16. The van der Waals surface area contributed by atoms with Crippen LogP contribution in [0.15, 0.2) is 53.4 Å². The molecule has 0 saturated carbocycles. The zero-order chi connectivity index (χ0) is 20.9. The SMILES string of the molecule is CCCN(CC(=O)Nc1ccccc1C)S(=O)(=O)c1ccc(C(F)(F)F)cc1. The lowest BCUT2D eigenvalue weighted by Crippen LogP contribution is -2.38. The van der Waals surface area contributed by atoms with Crippen molar-refractivity contribution in [2.24, 2.45) is 0 Å². The van der Waals surface area contributed by atoms with Crippen molar-refractivity contribution in [3.63, 3.8) is 0 Å². The highest BCUT2D eigenvalue weighted by molar-refractivity contribution is 7.89. The van der Waals surface area contributed by atoms with Crippen LogP contribution in [0.3, 0.4) is 0 Å². The third-order valence-electron chi connectivity index (χ3n) is 4.03. The Balaban J connectivity index is 2.21. The molecule has 0 unspecified atom stereocenters. The minimum Gasteiger partial charge on any atom is -0.325 e. The fourth-order valence-electron chi connectivity index (χ4n) is 2.56. The number of nitrogens with one attached hydrogen (secondary N) is 1. The Morgan fingerprint density at radius 2 is 1.68 bits per heavy atom. The van der Waals surface area contributed by atoms with Crippen LogP contribution in [0.4, 0.5) is 18.9 Å². The van der Waals surface area contributed by atoms with Crippen molar-refractivity contribution in [2.45, 2.75) is 31.3 Å². The van der Waals surface area contributed by atoms with E-state index in [1.807, 2.05) is 6.07 Å². The van der Waals surface area contributed by atoms with Crippen molar-refractivity contribution in [3.05, 3.63) is 59.7 Å². The second-order valence-electron chi connectivity index (χ2n) is 6.22. The van der Waals surface area contributed by atoms with E-state index in [-0.39, 0.29) is 11.4 Å². The Labute approximate surface area is 162 Å². The van der Waals surface area contributed by atoms with E-state index >= 15 is 0 Å². The van der Waals surface area contributed by atoms with E-state index in [2.05, 4.69) is 5.32 Å². The van der Waals surface area contributed by atoms with E-state index in [1.54, 1.807) is 32.0 Å². The number of carbonyl (C=O) groups excluding carboxylic acids is 1. The van der Waals surface area contributed by atoms with Gasteiger partial charge in [-0.15, -0.1) is 0 Å². The van der Waals surface area contributed by atoms with Crippen LogP contribution in [0.2, 0.25) is 0 Å². The van der Waals surface area contributed by atoms with Gasteiger partial charge in [0.1, 0.15) is 0 Å². The van der Waals surface area contributed by atoms with Crippen LogP contribution in [0, 0.1) is 6.92 Å². The number of hydrogen-bond donors (Lipinski definition) is 1. The summed E-state index contributed by atoms with van der Waals surface area (Å²) in [5.41, 5.74) is 0.449. The van der Waals surface area contributed by atoms with Gasteiger partial charge >= 0.3 is 6.18 Å². The molecule has 0 aliphatic heterocycles. The maximum Gasteiger partial charge on any atom is 0.416 e. The molecule has 0 fully saturated rings. The first-order valence-corrected chi connectivity index (χ1v) is 10.0. The van der Waals surface area contributed by atoms with Gasteiger partial charge < -0.3 is 5.32 Å². The summed E-state index contributed by atoms with van der Waals surface area (Å²) >= 11 is 0. The third kappa shape index (κ3) is 5.32. The van der Waals surface area contributed by atoms with Gasteiger partial charge in [-0.2, -0.15) is 17.5 Å². The summed E-state index contributed by atoms with van der Waals surface area (Å²) in [4.78, 5) is 12.1. The van der Waals surface area contributed by atoms with Gasteiger partial charge in [-0.1, -0.05) is 25.1 Å². The number of sulfonamides is 1. The number of carbonyl (C=O) groups is 1. The monoisotopic (exact) mass is 414 g/mol. The fourth-order valence-corrected chi connectivity index (χ4v) is 4.05. The van der Waals surface area contributed by atoms with E-state index < -0.39 is 34.2 Å². The van der Waals surface area contributed by atoms with Crippen molar-refractivity contribution >= 4 is 21.6 Å². The van der Waals surface area contributed by atoms with Crippen LogP contribution < -0.4 is 5.32 Å². The molecular formula is C19H21F3N2O3S. The van der Waals surface area contributed by atoms with Crippen molar-refractivity contribution in [3.8, 4) is 0 Å². The van der Waals surface area contributed by atoms with Gasteiger partial charge in [-0.25, -0.2) is 8.42 Å². The topological polar surface area (TPSA) is 66.5 Å². The molecule has 0 radical (unpaired) electrons. The summed E-state index contributed by atoms with van der Waals surface area (Å²) in [7, 11) is -4.12. The number of aryl methyl sites for hydroxylation is 1. The lowest BCUT2D eigenvalue weighted by Gasteiger charge is -2.21. The standard InChI is InChI=1S/C19H21F3N2O3S/c1-3-12-24(13-18(25)23-17-7-5-4-6-14(17)2)28(26,27)16-10-8-15(9-11-16)19(20,21)22/h4-11H,3,12-13H2,1-2H3,(H,23,25). The van der Waals surface area contributed by atoms with Gasteiger partial charge in [0, 0.05) is 12.2 Å². The molecule has 0 spiro atoms. The summed E-state index contributed by atoms with van der Waals surface area (Å²) in [6.45, 7) is 3.17. The molecule has 2 aromatic carbocycles. The van der Waals surface area contributed by atoms with Crippen molar-refractivity contribution in [2.75, 3.05) is 18.4 Å². The van der Waals surface area contributed by atoms with E-state index in [1.165, 1.54) is 0 Å². The number of anilines is 1. The molecule has 0 aromatic heterocycles. The van der Waals surface area contributed by atoms with Gasteiger partial charge in [0.15, 0.2) is 0 Å². The Morgan fingerprint density at radius 1 is 1.07 bits per heavy atom. The van der Waals surface area contributed by atoms with Gasteiger partial charge in [-0.3, -0.25) is 4.79 Å². The average molecular weight is 414 g/mol. The smallest absolute Gasteiger partial charge is 0.325 e. The summed E-state index contributed by atoms with van der Waals surface area (Å²) in [6.07, 6.45) is -4.11. The zero-order valence-corrected chi connectivity index (χ0v) is 16.3. The number of alkyl halides is 3. The molecule has 1 amide bonds. The lowest BCUT2D eigenvalue weighted by atomic mass is 10.2. The molecule has 152 valence electrons. The number of benzene rings is 2. The maximum absolute atomic E-state index is 12.8. The van der Waals surface area contributed by atoms with Crippen LogP contribution in [0.1, 0.15) is 24.5 Å². The molecule has 2 aromatic rings. The quantitative estimate of drug-likeness (QED) is 0.743. The van der Waals surface area contributed by atoms with Crippen LogP contribution in [-0.2, 0) is 21.0 Å². The molecule has 0 aliphatic rings. The molecule has 0 saturated heterocycles. The highest BCUT2D eigenvalue weighted by atomic mass is 32.2. The highest BCUT2D eigenvalue weighted by Gasteiger charge is 2.32. The molecule has 1 N–H and O–H groups in total. The first-order chi connectivity index (χ1) is 13.1. The molecule has 28 heavy (non-hydrogen) atoms. The second kappa shape index (κ2) is 8.74. The van der Waals surface area contributed by atoms with Gasteiger partial charge in [0.05, 0.1) is 17.0 Å². The summed E-state index contributed by atoms with van der Waals surface area (Å²) in [5.74, 6) is -0.529. The van der Waals surface area contributed by atoms with Crippen LogP contribution >= 0.6 is 0 Å². The average Bonchev–Trinajstić information content (AvgIpc) is 2.62. The van der Waals surface area contributed by atoms with Gasteiger partial charge in [0.25, 0.3) is 0 Å². The van der Waals surface area contributed by atoms with Crippen LogP contribution in [0.25, 0.3) is 0 Å². The number of nitrogens with zero attached hydrogens (tertiary/aromatic N) is 1. The minimum absolute atomic E-state index is 0.0601. The normalized spacial score (nSPS) is 12.2. The molecule has 5 nitrogen and oxygen atoms in total. The van der Waals surface area contributed by atoms with Crippen molar-refractivity contribution < 1.29 is 26.4 Å². The maximum atomic E-state index is 12.8. The highest BCUT2D eigenvalue weighted by Crippen LogP contribution is 2.30. The summed E-state index contributed by atoms with van der Waals surface area (Å²) in [5, 5.41) is 2.66. The number of hydrogen-bond acceptors (Lipinski definition) is 3. The van der Waals surface area contributed by atoms with Gasteiger partial charge in [-0.05, 0) is 49.2 Å². The van der Waals surface area contributed by atoms with Crippen LogP contribution in [0.5, 0.6) is 0 Å². The molecule has 0 bridgehead atoms. The number of para-hydroxylation sites is 1. The van der Waals surface area contributed by atoms with Gasteiger partial charge in [0.2, 0.25) is 15.9 Å². The largest absolute Gasteiger partial charge is 0.416 e. The first kappa shape index (κ1) is 21.9. The molecule has 0 atom stereocenters. The Kier molecular flexibility index (Phi) is 6.84. The van der Waals surface area contributed by atoms with E-state index in [0.29, 0.717) is 24.2 Å². The Bertz CT molecular complexity index is 926. The van der Waals surface area contributed by atoms with E-state index in [0.717, 1.165) is 22.0 Å². The van der Waals surface area contributed by atoms with E-state index in [4.69, 9.17) is 0 Å². The molecule has 9 heteroatoms. The molecular weight excluding hydrogens is 393 g/mol. The first-order valence-electron chi connectivity index (χ1n) is 8.58. The summed E-state index contributed by atoms with van der Waals surface area (Å²) < 4.78 is 64.6. The predicted octanol–water partition coefficient (Wildman–Crippen LogP) is 4.05. The lowest BCUT2D eigenvalue weighted by molar-refractivity contribution is -0.137. The molecule has 0 aliphatic carbocycles. The van der Waals surface area contributed by atoms with Crippen molar-refractivity contribution in [1.29, 1.82) is 0 Å². The Morgan fingerprint density at radius 3 is 2.21 bits per heavy atom. The Hall–Kier alpha value is -2.39.